The molecule has 7 nitrogen and oxygen atoms in total. The summed E-state index contributed by atoms with van der Waals surface area (Å²) < 4.78 is 5.37. The predicted octanol–water partition coefficient (Wildman–Crippen LogP) is 1.77. The minimum atomic E-state index is -0.136. The summed E-state index contributed by atoms with van der Waals surface area (Å²) in [5, 5.41) is 5.32. The molecule has 3 rings (SSSR count). The molecule has 0 bridgehead atoms. The number of para-hydroxylation sites is 2. The Balaban J connectivity index is 1.83. The summed E-state index contributed by atoms with van der Waals surface area (Å²) in [6.45, 7) is 3.90. The molecular weight excluding hydrogens is 340 g/mol. The van der Waals surface area contributed by atoms with E-state index < -0.39 is 0 Å². The van der Waals surface area contributed by atoms with Gasteiger partial charge in [0.05, 0.1) is 25.0 Å². The number of nitrogens with one attached hydrogen (secondary N) is 1. The summed E-state index contributed by atoms with van der Waals surface area (Å²) in [5.74, 6) is 0.506. The van der Waals surface area contributed by atoms with Crippen LogP contribution in [0, 0.1) is 0 Å². The number of hydrogen-bond donors (Lipinski definition) is 1. The molecule has 0 saturated carbocycles. The Kier molecular flexibility index (Phi) is 5.30. The van der Waals surface area contributed by atoms with Crippen molar-refractivity contribution in [2.45, 2.75) is 13.5 Å². The molecule has 2 aromatic rings. The van der Waals surface area contributed by atoms with Gasteiger partial charge in [-0.1, -0.05) is 12.1 Å². The predicted molar refractivity (Wildman–Crippen MR) is 96.2 cm³/mol. The summed E-state index contributed by atoms with van der Waals surface area (Å²) in [6.07, 6.45) is 0. The van der Waals surface area contributed by atoms with Gasteiger partial charge in [0, 0.05) is 31.9 Å². The van der Waals surface area contributed by atoms with Crippen molar-refractivity contribution in [3.8, 4) is 5.75 Å². The van der Waals surface area contributed by atoms with Gasteiger partial charge in [0.15, 0.2) is 5.13 Å². The highest BCUT2D eigenvalue weighted by atomic mass is 32.1. The summed E-state index contributed by atoms with van der Waals surface area (Å²) in [4.78, 5) is 31.9. The molecule has 0 atom stereocenters. The van der Waals surface area contributed by atoms with Gasteiger partial charge < -0.3 is 10.1 Å². The molecule has 0 aliphatic carbocycles. The van der Waals surface area contributed by atoms with E-state index in [9.17, 15) is 9.59 Å². The first kappa shape index (κ1) is 17.4. The molecule has 1 fully saturated rings. The lowest BCUT2D eigenvalue weighted by Gasteiger charge is -2.25. The third-order valence-corrected chi connectivity index (χ3v) is 4.75. The van der Waals surface area contributed by atoms with E-state index in [0.29, 0.717) is 36.2 Å². The maximum atomic E-state index is 12.2. The second kappa shape index (κ2) is 7.62. The molecule has 25 heavy (non-hydrogen) atoms. The maximum absolute atomic E-state index is 12.2. The van der Waals surface area contributed by atoms with Crippen molar-refractivity contribution in [2.75, 3.05) is 31.6 Å². The summed E-state index contributed by atoms with van der Waals surface area (Å²) in [7, 11) is 1.58. The first-order valence-electron chi connectivity index (χ1n) is 7.95. The first-order valence-corrected chi connectivity index (χ1v) is 8.83. The monoisotopic (exact) mass is 360 g/mol. The van der Waals surface area contributed by atoms with Crippen LogP contribution in [0.2, 0.25) is 0 Å². The van der Waals surface area contributed by atoms with Gasteiger partial charge in [0.1, 0.15) is 5.75 Å². The molecular formula is C17H20N4O3S. The maximum Gasteiger partial charge on any atom is 0.234 e. The van der Waals surface area contributed by atoms with Crippen LogP contribution in [0.5, 0.6) is 5.75 Å². The van der Waals surface area contributed by atoms with Crippen LogP contribution in [0.1, 0.15) is 12.6 Å². The highest BCUT2D eigenvalue weighted by molar-refractivity contribution is 7.14. The minimum absolute atomic E-state index is 0.0288. The minimum Gasteiger partial charge on any atom is -0.495 e. The van der Waals surface area contributed by atoms with Gasteiger partial charge in [0.25, 0.3) is 0 Å². The second-order valence-corrected chi connectivity index (χ2v) is 6.54. The van der Waals surface area contributed by atoms with Gasteiger partial charge in [0.2, 0.25) is 11.8 Å². The lowest BCUT2D eigenvalue weighted by molar-refractivity contribution is -0.124. The molecule has 0 radical (unpaired) electrons. The lowest BCUT2D eigenvalue weighted by atomic mass is 10.2. The quantitative estimate of drug-likeness (QED) is 0.880. The van der Waals surface area contributed by atoms with Crippen molar-refractivity contribution >= 4 is 34.0 Å². The molecule has 1 aliphatic heterocycles. The number of anilines is 2. The van der Waals surface area contributed by atoms with Gasteiger partial charge in [-0.05, 0) is 12.1 Å². The van der Waals surface area contributed by atoms with E-state index in [1.807, 2.05) is 34.5 Å². The largest absolute Gasteiger partial charge is 0.495 e. The fourth-order valence-corrected chi connectivity index (χ4v) is 3.62. The van der Waals surface area contributed by atoms with Crippen LogP contribution < -0.4 is 15.0 Å². The topological polar surface area (TPSA) is 74.8 Å². The van der Waals surface area contributed by atoms with Crippen molar-refractivity contribution in [1.29, 1.82) is 0 Å². The van der Waals surface area contributed by atoms with E-state index in [0.717, 1.165) is 12.2 Å². The molecule has 8 heteroatoms. The Labute approximate surface area is 150 Å². The Morgan fingerprint density at radius 3 is 2.96 bits per heavy atom. The van der Waals surface area contributed by atoms with Crippen LogP contribution in [-0.2, 0) is 16.1 Å². The SMILES string of the molecule is COc1ccccc1N(C(C)=O)c1nc(CN2CCNC(=O)C2)cs1. The van der Waals surface area contributed by atoms with Crippen LogP contribution in [0.4, 0.5) is 10.8 Å². The second-order valence-electron chi connectivity index (χ2n) is 5.71. The van der Waals surface area contributed by atoms with E-state index >= 15 is 0 Å². The highest BCUT2D eigenvalue weighted by Crippen LogP contribution is 2.35. The fourth-order valence-electron chi connectivity index (χ4n) is 2.75. The third kappa shape index (κ3) is 3.97. The molecule has 2 amide bonds. The Hall–Kier alpha value is -2.45. The van der Waals surface area contributed by atoms with Gasteiger partial charge in [-0.3, -0.25) is 19.4 Å². The van der Waals surface area contributed by atoms with Crippen LogP contribution in [0.15, 0.2) is 29.6 Å². The van der Waals surface area contributed by atoms with Gasteiger partial charge in [-0.15, -0.1) is 11.3 Å². The van der Waals surface area contributed by atoms with E-state index in [1.165, 1.54) is 18.3 Å². The average Bonchev–Trinajstić information content (AvgIpc) is 3.03. The zero-order valence-corrected chi connectivity index (χ0v) is 15.0. The van der Waals surface area contributed by atoms with Crippen molar-refractivity contribution in [3.63, 3.8) is 0 Å². The number of amides is 2. The molecule has 2 heterocycles. The summed E-state index contributed by atoms with van der Waals surface area (Å²) in [6, 6.07) is 7.35. The van der Waals surface area contributed by atoms with Crippen molar-refractivity contribution in [2.24, 2.45) is 0 Å². The third-order valence-electron chi connectivity index (χ3n) is 3.87. The normalized spacial score (nSPS) is 14.9. The number of piperazine rings is 1. The van der Waals surface area contributed by atoms with E-state index in [1.54, 1.807) is 12.0 Å². The zero-order chi connectivity index (χ0) is 17.8. The highest BCUT2D eigenvalue weighted by Gasteiger charge is 2.22. The number of carbonyl (C=O) groups excluding carboxylic acids is 2. The molecule has 0 unspecified atom stereocenters. The van der Waals surface area contributed by atoms with E-state index in [-0.39, 0.29) is 11.8 Å². The van der Waals surface area contributed by atoms with Gasteiger partial charge >= 0.3 is 0 Å². The van der Waals surface area contributed by atoms with Crippen molar-refractivity contribution in [1.82, 2.24) is 15.2 Å². The summed E-state index contributed by atoms with van der Waals surface area (Å²) >= 11 is 1.40. The molecule has 1 aromatic heterocycles. The average molecular weight is 360 g/mol. The molecule has 1 aromatic carbocycles. The molecule has 1 saturated heterocycles. The van der Waals surface area contributed by atoms with Gasteiger partial charge in [-0.25, -0.2) is 4.98 Å². The number of thiazole rings is 1. The zero-order valence-electron chi connectivity index (χ0n) is 14.2. The number of hydrogen-bond acceptors (Lipinski definition) is 6. The van der Waals surface area contributed by atoms with Crippen LogP contribution in [-0.4, -0.2) is 48.4 Å². The van der Waals surface area contributed by atoms with Crippen molar-refractivity contribution < 1.29 is 14.3 Å². The van der Waals surface area contributed by atoms with Crippen molar-refractivity contribution in [3.05, 3.63) is 35.3 Å². The number of aromatic nitrogens is 1. The van der Waals surface area contributed by atoms with E-state index in [2.05, 4.69) is 10.3 Å². The number of nitrogens with zero attached hydrogens (tertiary/aromatic N) is 3. The van der Waals surface area contributed by atoms with Gasteiger partial charge in [-0.2, -0.15) is 0 Å². The number of ether oxygens (including phenoxy) is 1. The number of carbonyl (C=O) groups is 2. The Morgan fingerprint density at radius 1 is 1.44 bits per heavy atom. The Morgan fingerprint density at radius 2 is 2.24 bits per heavy atom. The smallest absolute Gasteiger partial charge is 0.234 e. The molecule has 132 valence electrons. The first-order chi connectivity index (χ1) is 12.1. The number of rotatable bonds is 5. The Bertz CT molecular complexity index is 777. The molecule has 1 N–H and O–H groups in total. The van der Waals surface area contributed by atoms with Crippen LogP contribution >= 0.6 is 11.3 Å². The number of methoxy groups -OCH3 is 1. The lowest BCUT2D eigenvalue weighted by Crippen LogP contribution is -2.47. The van der Waals surface area contributed by atoms with Crippen LogP contribution in [0.25, 0.3) is 0 Å². The fraction of sp³-hybridized carbons (Fsp3) is 0.353. The summed E-state index contributed by atoms with van der Waals surface area (Å²) in [5.41, 5.74) is 1.51. The standard InChI is InChI=1S/C17H20N4O3S/c1-12(22)21(14-5-3-4-6-15(14)24-2)17-19-13(11-25-17)9-20-8-7-18-16(23)10-20/h3-6,11H,7-10H2,1-2H3,(H,18,23). The van der Waals surface area contributed by atoms with E-state index in [4.69, 9.17) is 4.74 Å². The number of benzene rings is 1. The molecule has 1 aliphatic rings. The van der Waals surface area contributed by atoms with Crippen LogP contribution in [0.3, 0.4) is 0 Å². The molecule has 0 spiro atoms.